The summed E-state index contributed by atoms with van der Waals surface area (Å²) >= 11 is 0. The average Bonchev–Trinajstić information content (AvgIpc) is 2.52. The normalized spacial score (nSPS) is 10.9. The van der Waals surface area contributed by atoms with E-state index in [1.54, 1.807) is 26.4 Å². The van der Waals surface area contributed by atoms with Gasteiger partial charge in [-0.2, -0.15) is 0 Å². The number of aryl methyl sites for hydroxylation is 1. The van der Waals surface area contributed by atoms with E-state index < -0.39 is 0 Å². The Kier molecular flexibility index (Phi) is 5.39. The molecule has 0 spiro atoms. The standard InChI is InChI=1S/C17H23N3O3/c1-4-23-10-6-9-20-11-12(17(22)19(2)3)16(21)15-13(18)7-5-8-14(15)20/h5,7-8,11H,4,6,9-10,18H2,1-3H3. The van der Waals surface area contributed by atoms with Crippen LogP contribution < -0.4 is 11.2 Å². The van der Waals surface area contributed by atoms with Crippen molar-refractivity contribution in [1.29, 1.82) is 0 Å². The molecule has 2 N–H and O–H groups in total. The summed E-state index contributed by atoms with van der Waals surface area (Å²) in [5, 5.41) is 0.400. The highest BCUT2D eigenvalue weighted by molar-refractivity contribution is 5.99. The Morgan fingerprint density at radius 2 is 2.09 bits per heavy atom. The largest absolute Gasteiger partial charge is 0.398 e. The minimum atomic E-state index is -0.321. The molecule has 0 atom stereocenters. The minimum absolute atomic E-state index is 0.136. The third-order valence-corrected chi connectivity index (χ3v) is 3.67. The number of anilines is 1. The van der Waals surface area contributed by atoms with Crippen molar-refractivity contribution in [2.75, 3.05) is 33.0 Å². The van der Waals surface area contributed by atoms with Crippen LogP contribution in [0.4, 0.5) is 5.69 Å². The second-order valence-electron chi connectivity index (χ2n) is 5.56. The molecule has 1 heterocycles. The first kappa shape index (κ1) is 17.0. The van der Waals surface area contributed by atoms with Crippen LogP contribution in [0.1, 0.15) is 23.7 Å². The lowest BCUT2D eigenvalue weighted by Crippen LogP contribution is -2.29. The van der Waals surface area contributed by atoms with Gasteiger partial charge in [-0.15, -0.1) is 0 Å². The van der Waals surface area contributed by atoms with Crippen LogP contribution >= 0.6 is 0 Å². The Morgan fingerprint density at radius 1 is 1.35 bits per heavy atom. The molecule has 0 aliphatic carbocycles. The SMILES string of the molecule is CCOCCCn1cc(C(=O)N(C)C)c(=O)c2c(N)cccc21. The van der Waals surface area contributed by atoms with E-state index in [1.807, 2.05) is 23.6 Å². The predicted octanol–water partition coefficient (Wildman–Crippen LogP) is 1.71. The Labute approximate surface area is 135 Å². The molecule has 0 unspecified atom stereocenters. The predicted molar refractivity (Wildman–Crippen MR) is 91.7 cm³/mol. The van der Waals surface area contributed by atoms with Crippen molar-refractivity contribution in [3.63, 3.8) is 0 Å². The van der Waals surface area contributed by atoms with Crippen LogP contribution in [0.15, 0.2) is 29.2 Å². The molecule has 0 bridgehead atoms. The molecule has 0 saturated heterocycles. The van der Waals surface area contributed by atoms with Gasteiger partial charge in [-0.25, -0.2) is 0 Å². The fourth-order valence-corrected chi connectivity index (χ4v) is 2.52. The lowest BCUT2D eigenvalue weighted by atomic mass is 10.1. The fraction of sp³-hybridized carbons (Fsp3) is 0.412. The van der Waals surface area contributed by atoms with Crippen LogP contribution in [0.5, 0.6) is 0 Å². The van der Waals surface area contributed by atoms with Crippen molar-refractivity contribution in [3.05, 3.63) is 40.2 Å². The van der Waals surface area contributed by atoms with Gasteiger partial charge < -0.3 is 19.9 Å². The molecule has 0 fully saturated rings. The van der Waals surface area contributed by atoms with Gasteiger partial charge >= 0.3 is 0 Å². The van der Waals surface area contributed by atoms with Gasteiger partial charge in [0, 0.05) is 45.7 Å². The van der Waals surface area contributed by atoms with Crippen LogP contribution in [0.25, 0.3) is 10.9 Å². The monoisotopic (exact) mass is 317 g/mol. The number of rotatable bonds is 6. The van der Waals surface area contributed by atoms with E-state index in [1.165, 1.54) is 4.90 Å². The first-order valence-corrected chi connectivity index (χ1v) is 7.68. The van der Waals surface area contributed by atoms with Gasteiger partial charge in [0.1, 0.15) is 5.56 Å². The summed E-state index contributed by atoms with van der Waals surface area (Å²) in [7, 11) is 3.25. The second kappa shape index (κ2) is 7.28. The number of carbonyl (C=O) groups excluding carboxylic acids is 1. The smallest absolute Gasteiger partial charge is 0.258 e. The van der Waals surface area contributed by atoms with E-state index in [0.717, 1.165) is 11.9 Å². The maximum absolute atomic E-state index is 12.7. The Hall–Kier alpha value is -2.34. The number of nitrogen functional groups attached to an aromatic ring is 1. The summed E-state index contributed by atoms with van der Waals surface area (Å²) in [6, 6.07) is 5.33. The van der Waals surface area contributed by atoms with Gasteiger partial charge in [0.25, 0.3) is 5.91 Å². The second-order valence-corrected chi connectivity index (χ2v) is 5.56. The lowest BCUT2D eigenvalue weighted by molar-refractivity contribution is 0.0825. The van der Waals surface area contributed by atoms with E-state index in [4.69, 9.17) is 10.5 Å². The number of pyridine rings is 1. The van der Waals surface area contributed by atoms with Crippen LogP contribution in [0.2, 0.25) is 0 Å². The molecule has 1 aromatic carbocycles. The van der Waals surface area contributed by atoms with Crippen LogP contribution in [0, 0.1) is 0 Å². The van der Waals surface area contributed by atoms with Crippen LogP contribution in [0.3, 0.4) is 0 Å². The summed E-state index contributed by atoms with van der Waals surface area (Å²) in [5.41, 5.74) is 6.93. The number of amides is 1. The molecule has 1 amide bonds. The van der Waals surface area contributed by atoms with Gasteiger partial charge in [-0.05, 0) is 25.5 Å². The molecule has 23 heavy (non-hydrogen) atoms. The van der Waals surface area contributed by atoms with Gasteiger partial charge in [0.05, 0.1) is 10.9 Å². The molecule has 0 aliphatic rings. The van der Waals surface area contributed by atoms with Crippen molar-refractivity contribution in [2.24, 2.45) is 0 Å². The summed E-state index contributed by atoms with van der Waals surface area (Å²) in [6.45, 7) is 3.89. The maximum Gasteiger partial charge on any atom is 0.258 e. The van der Waals surface area contributed by atoms with Gasteiger partial charge in [0.2, 0.25) is 5.43 Å². The molecular weight excluding hydrogens is 294 g/mol. The van der Waals surface area contributed by atoms with Gasteiger partial charge in [0.15, 0.2) is 0 Å². The molecule has 6 nitrogen and oxygen atoms in total. The van der Waals surface area contributed by atoms with Crippen molar-refractivity contribution in [3.8, 4) is 0 Å². The van der Waals surface area contributed by atoms with Crippen molar-refractivity contribution in [2.45, 2.75) is 19.9 Å². The molecule has 124 valence electrons. The fourth-order valence-electron chi connectivity index (χ4n) is 2.52. The van der Waals surface area contributed by atoms with E-state index in [-0.39, 0.29) is 16.9 Å². The Morgan fingerprint density at radius 3 is 2.74 bits per heavy atom. The zero-order valence-corrected chi connectivity index (χ0v) is 13.8. The first-order chi connectivity index (χ1) is 11.0. The Bertz CT molecular complexity index is 766. The number of fused-ring (bicyclic) bond motifs is 1. The molecule has 0 aliphatic heterocycles. The highest BCUT2D eigenvalue weighted by atomic mass is 16.5. The summed E-state index contributed by atoms with van der Waals surface area (Å²) in [4.78, 5) is 26.3. The zero-order chi connectivity index (χ0) is 17.0. The quantitative estimate of drug-likeness (QED) is 0.650. The molecule has 2 aromatic rings. The van der Waals surface area contributed by atoms with E-state index in [0.29, 0.717) is 30.8 Å². The maximum atomic E-state index is 12.7. The number of carbonyl (C=O) groups is 1. The van der Waals surface area contributed by atoms with E-state index in [2.05, 4.69) is 0 Å². The number of benzene rings is 1. The number of nitrogens with zero attached hydrogens (tertiary/aromatic N) is 2. The highest BCUT2D eigenvalue weighted by Crippen LogP contribution is 2.19. The zero-order valence-electron chi connectivity index (χ0n) is 13.8. The topological polar surface area (TPSA) is 77.6 Å². The average molecular weight is 317 g/mol. The van der Waals surface area contributed by atoms with Crippen molar-refractivity contribution >= 4 is 22.5 Å². The summed E-state index contributed by atoms with van der Waals surface area (Å²) < 4.78 is 7.26. The third-order valence-electron chi connectivity index (χ3n) is 3.67. The molecule has 0 radical (unpaired) electrons. The first-order valence-electron chi connectivity index (χ1n) is 7.68. The van der Waals surface area contributed by atoms with Gasteiger partial charge in [-0.3, -0.25) is 9.59 Å². The highest BCUT2D eigenvalue weighted by Gasteiger charge is 2.18. The summed E-state index contributed by atoms with van der Waals surface area (Å²) in [6.07, 6.45) is 2.41. The minimum Gasteiger partial charge on any atom is -0.398 e. The van der Waals surface area contributed by atoms with Gasteiger partial charge in [-0.1, -0.05) is 6.07 Å². The third kappa shape index (κ3) is 3.53. The molecule has 0 saturated carbocycles. The van der Waals surface area contributed by atoms with E-state index >= 15 is 0 Å². The molecule has 2 rings (SSSR count). The summed E-state index contributed by atoms with van der Waals surface area (Å²) in [5.74, 6) is -0.321. The van der Waals surface area contributed by atoms with Crippen LogP contribution in [-0.4, -0.2) is 42.7 Å². The number of nitrogens with two attached hydrogens (primary N) is 1. The van der Waals surface area contributed by atoms with E-state index in [9.17, 15) is 9.59 Å². The number of aromatic nitrogens is 1. The van der Waals surface area contributed by atoms with Crippen molar-refractivity contribution < 1.29 is 9.53 Å². The Balaban J connectivity index is 2.56. The number of hydrogen-bond donors (Lipinski definition) is 1. The lowest BCUT2D eigenvalue weighted by Gasteiger charge is -2.16. The molecular formula is C17H23N3O3. The van der Waals surface area contributed by atoms with Crippen molar-refractivity contribution in [1.82, 2.24) is 9.47 Å². The molecule has 1 aromatic heterocycles. The van der Waals surface area contributed by atoms with Crippen LogP contribution in [-0.2, 0) is 11.3 Å². The number of hydrogen-bond acceptors (Lipinski definition) is 4. The number of ether oxygens (including phenoxy) is 1. The molecule has 6 heteroatoms.